The van der Waals surface area contributed by atoms with Crippen LogP contribution in [0.4, 0.5) is 5.82 Å². The van der Waals surface area contributed by atoms with E-state index in [2.05, 4.69) is 58.3 Å². The van der Waals surface area contributed by atoms with Crippen LogP contribution in [0, 0.1) is 0 Å². The Bertz CT molecular complexity index is 519. The fraction of sp³-hybridized carbons (Fsp3) is 0.500. The summed E-state index contributed by atoms with van der Waals surface area (Å²) in [6, 6.07) is 6.60. The molecule has 0 atom stereocenters. The van der Waals surface area contributed by atoms with Crippen molar-refractivity contribution < 1.29 is 0 Å². The van der Waals surface area contributed by atoms with Crippen molar-refractivity contribution in [1.82, 2.24) is 9.38 Å². The van der Waals surface area contributed by atoms with Crippen LogP contribution in [0.15, 0.2) is 24.4 Å². The molecule has 4 heteroatoms. The lowest BCUT2D eigenvalue weighted by Crippen LogP contribution is -2.32. The summed E-state index contributed by atoms with van der Waals surface area (Å²) in [6.07, 6.45) is 3.21. The second-order valence-electron chi connectivity index (χ2n) is 4.73. The number of imidazole rings is 1. The van der Waals surface area contributed by atoms with Gasteiger partial charge in [0.2, 0.25) is 0 Å². The normalized spacial score (nSPS) is 11.4. The van der Waals surface area contributed by atoms with Crippen molar-refractivity contribution in [2.24, 2.45) is 0 Å². The number of rotatable bonds is 5. The number of nitrogens with zero attached hydrogens (tertiary/aromatic N) is 3. The molecule has 98 valence electrons. The molecule has 0 aliphatic rings. The molecule has 0 saturated heterocycles. The highest BCUT2D eigenvalue weighted by molar-refractivity contribution is 9.08. The Morgan fingerprint density at radius 1 is 1.39 bits per heavy atom. The standard InChI is InChI=1S/C14H20BrN3/c1-4-8-17(11(2)3)14-12(10-15)18-9-6-5-7-13(18)16-14/h5-7,9,11H,4,8,10H2,1-3H3. The Kier molecular flexibility index (Phi) is 4.27. The first-order chi connectivity index (χ1) is 8.69. The van der Waals surface area contributed by atoms with E-state index >= 15 is 0 Å². The highest BCUT2D eigenvalue weighted by Crippen LogP contribution is 2.25. The largest absolute Gasteiger partial charge is 0.353 e. The van der Waals surface area contributed by atoms with Gasteiger partial charge in [-0.2, -0.15) is 0 Å². The first-order valence-electron chi connectivity index (χ1n) is 6.47. The van der Waals surface area contributed by atoms with Crippen LogP contribution in [0.1, 0.15) is 32.9 Å². The second-order valence-corrected chi connectivity index (χ2v) is 5.29. The number of anilines is 1. The topological polar surface area (TPSA) is 20.5 Å². The number of pyridine rings is 1. The third kappa shape index (κ3) is 2.39. The maximum atomic E-state index is 4.78. The van der Waals surface area contributed by atoms with E-state index in [1.807, 2.05) is 12.1 Å². The van der Waals surface area contributed by atoms with E-state index in [0.717, 1.165) is 29.8 Å². The summed E-state index contributed by atoms with van der Waals surface area (Å²) in [5.74, 6) is 1.11. The van der Waals surface area contributed by atoms with Gasteiger partial charge in [-0.3, -0.25) is 0 Å². The summed E-state index contributed by atoms with van der Waals surface area (Å²) in [5.41, 5.74) is 2.25. The molecule has 2 rings (SSSR count). The average molecular weight is 310 g/mol. The Hall–Kier alpha value is -1.03. The molecule has 2 heterocycles. The quantitative estimate of drug-likeness (QED) is 0.782. The van der Waals surface area contributed by atoms with E-state index in [1.165, 1.54) is 5.69 Å². The van der Waals surface area contributed by atoms with Crippen LogP contribution in [0.3, 0.4) is 0 Å². The van der Waals surface area contributed by atoms with E-state index in [-0.39, 0.29) is 0 Å². The summed E-state index contributed by atoms with van der Waals surface area (Å²) in [4.78, 5) is 7.16. The van der Waals surface area contributed by atoms with E-state index in [0.29, 0.717) is 6.04 Å². The first kappa shape index (κ1) is 13.4. The third-order valence-electron chi connectivity index (χ3n) is 3.09. The zero-order valence-electron chi connectivity index (χ0n) is 11.2. The van der Waals surface area contributed by atoms with Crippen LogP contribution < -0.4 is 4.90 Å². The summed E-state index contributed by atoms with van der Waals surface area (Å²) in [7, 11) is 0. The van der Waals surface area contributed by atoms with Gasteiger partial charge in [0.05, 0.1) is 5.69 Å². The van der Waals surface area contributed by atoms with Gasteiger partial charge in [-0.1, -0.05) is 28.9 Å². The first-order valence-corrected chi connectivity index (χ1v) is 7.59. The molecule has 0 amide bonds. The highest BCUT2D eigenvalue weighted by Gasteiger charge is 2.18. The summed E-state index contributed by atoms with van der Waals surface area (Å²) >= 11 is 3.59. The molecule has 0 N–H and O–H groups in total. The molecule has 0 fully saturated rings. The number of hydrogen-bond donors (Lipinski definition) is 0. The summed E-state index contributed by atoms with van der Waals surface area (Å²) in [6.45, 7) is 7.69. The molecule has 0 saturated carbocycles. The monoisotopic (exact) mass is 309 g/mol. The molecule has 0 aliphatic heterocycles. The minimum absolute atomic E-state index is 0.465. The van der Waals surface area contributed by atoms with Crippen molar-refractivity contribution >= 4 is 27.4 Å². The van der Waals surface area contributed by atoms with Gasteiger partial charge < -0.3 is 9.30 Å². The van der Waals surface area contributed by atoms with Crippen molar-refractivity contribution in [3.05, 3.63) is 30.1 Å². The molecule has 0 radical (unpaired) electrons. The average Bonchev–Trinajstić information content (AvgIpc) is 2.73. The van der Waals surface area contributed by atoms with Gasteiger partial charge in [0.1, 0.15) is 5.65 Å². The molecule has 0 spiro atoms. The maximum Gasteiger partial charge on any atom is 0.152 e. The molecule has 0 aliphatic carbocycles. The maximum absolute atomic E-state index is 4.78. The number of fused-ring (bicyclic) bond motifs is 1. The molecule has 0 unspecified atom stereocenters. The number of aromatic nitrogens is 2. The van der Waals surface area contributed by atoms with Crippen LogP contribution in [0.2, 0.25) is 0 Å². The van der Waals surface area contributed by atoms with Gasteiger partial charge in [0, 0.05) is 24.1 Å². The number of hydrogen-bond acceptors (Lipinski definition) is 2. The minimum atomic E-state index is 0.465. The van der Waals surface area contributed by atoms with Gasteiger partial charge in [-0.25, -0.2) is 4.98 Å². The number of halogens is 1. The van der Waals surface area contributed by atoms with E-state index in [1.54, 1.807) is 0 Å². The molecular weight excluding hydrogens is 290 g/mol. The van der Waals surface area contributed by atoms with E-state index < -0.39 is 0 Å². The van der Waals surface area contributed by atoms with Gasteiger partial charge in [-0.05, 0) is 32.4 Å². The minimum Gasteiger partial charge on any atom is -0.353 e. The lowest BCUT2D eigenvalue weighted by Gasteiger charge is -2.27. The Balaban J connectivity index is 2.54. The molecule has 2 aromatic rings. The SMILES string of the molecule is CCCN(c1nc2ccccn2c1CBr)C(C)C. The lowest BCUT2D eigenvalue weighted by atomic mass is 10.2. The molecule has 18 heavy (non-hydrogen) atoms. The van der Waals surface area contributed by atoms with Crippen molar-refractivity contribution in [3.8, 4) is 0 Å². The van der Waals surface area contributed by atoms with Crippen molar-refractivity contribution in [2.45, 2.75) is 38.6 Å². The predicted molar refractivity (Wildman–Crippen MR) is 80.6 cm³/mol. The Morgan fingerprint density at radius 2 is 2.17 bits per heavy atom. The van der Waals surface area contributed by atoms with E-state index in [9.17, 15) is 0 Å². The fourth-order valence-corrected chi connectivity index (χ4v) is 2.76. The third-order valence-corrected chi connectivity index (χ3v) is 3.63. The zero-order chi connectivity index (χ0) is 13.1. The summed E-state index contributed by atoms with van der Waals surface area (Å²) < 4.78 is 2.16. The van der Waals surface area contributed by atoms with Gasteiger partial charge in [0.15, 0.2) is 5.82 Å². The highest BCUT2D eigenvalue weighted by atomic mass is 79.9. The van der Waals surface area contributed by atoms with Crippen molar-refractivity contribution in [1.29, 1.82) is 0 Å². The summed E-state index contributed by atoms with van der Waals surface area (Å²) in [5, 5.41) is 0.820. The lowest BCUT2D eigenvalue weighted by molar-refractivity contribution is 0.661. The molecule has 3 nitrogen and oxygen atoms in total. The Labute approximate surface area is 117 Å². The van der Waals surface area contributed by atoms with Crippen LogP contribution in [0.5, 0.6) is 0 Å². The van der Waals surface area contributed by atoms with Gasteiger partial charge >= 0.3 is 0 Å². The zero-order valence-corrected chi connectivity index (χ0v) is 12.8. The molecule has 0 aromatic carbocycles. The van der Waals surface area contributed by atoms with Crippen molar-refractivity contribution in [2.75, 3.05) is 11.4 Å². The smallest absolute Gasteiger partial charge is 0.152 e. The van der Waals surface area contributed by atoms with Crippen LogP contribution >= 0.6 is 15.9 Å². The van der Waals surface area contributed by atoms with Gasteiger partial charge in [-0.15, -0.1) is 0 Å². The van der Waals surface area contributed by atoms with Crippen LogP contribution in [-0.4, -0.2) is 22.0 Å². The fourth-order valence-electron chi connectivity index (χ4n) is 2.24. The predicted octanol–water partition coefficient (Wildman–Crippen LogP) is 3.85. The second kappa shape index (κ2) is 5.74. The number of alkyl halides is 1. The molecule has 0 bridgehead atoms. The van der Waals surface area contributed by atoms with Crippen molar-refractivity contribution in [3.63, 3.8) is 0 Å². The van der Waals surface area contributed by atoms with Crippen LogP contribution in [0.25, 0.3) is 5.65 Å². The molecular formula is C14H20BrN3. The van der Waals surface area contributed by atoms with Gasteiger partial charge in [0.25, 0.3) is 0 Å². The van der Waals surface area contributed by atoms with E-state index in [4.69, 9.17) is 4.98 Å². The Morgan fingerprint density at radius 3 is 2.78 bits per heavy atom. The van der Waals surface area contributed by atoms with Crippen LogP contribution in [-0.2, 0) is 5.33 Å². The molecule has 2 aromatic heterocycles.